The van der Waals surface area contributed by atoms with E-state index in [0.717, 1.165) is 59.5 Å². The summed E-state index contributed by atoms with van der Waals surface area (Å²) < 4.78 is 8.39. The molecule has 0 fully saturated rings. The topological polar surface area (TPSA) is 56.2 Å². The molecule has 210 valence electrons. The Morgan fingerprint density at radius 3 is 2.33 bits per heavy atom. The van der Waals surface area contributed by atoms with Gasteiger partial charge in [0.15, 0.2) is 0 Å². The lowest BCUT2D eigenvalue weighted by molar-refractivity contribution is -0.120. The predicted molar refractivity (Wildman–Crippen MR) is 171 cm³/mol. The molecular weight excluding hydrogens is 518 g/mol. The number of nitrogens with zero attached hydrogens (tertiary/aromatic N) is 2. The van der Waals surface area contributed by atoms with E-state index in [1.54, 1.807) is 0 Å². The third kappa shape index (κ3) is 6.69. The predicted octanol–water partition coefficient (Wildman–Crippen LogP) is 7.62. The van der Waals surface area contributed by atoms with Gasteiger partial charge in [0, 0.05) is 19.5 Å². The summed E-state index contributed by atoms with van der Waals surface area (Å²) in [6.07, 6.45) is 2.88. The van der Waals surface area contributed by atoms with Gasteiger partial charge in [-0.25, -0.2) is 4.98 Å². The van der Waals surface area contributed by atoms with Gasteiger partial charge in [-0.2, -0.15) is 0 Å². The number of aromatic nitrogens is 2. The van der Waals surface area contributed by atoms with Crippen molar-refractivity contribution in [1.82, 2.24) is 14.9 Å². The van der Waals surface area contributed by atoms with Gasteiger partial charge in [-0.05, 0) is 64.6 Å². The zero-order chi connectivity index (χ0) is 28.6. The van der Waals surface area contributed by atoms with E-state index in [-0.39, 0.29) is 5.91 Å². The fraction of sp³-hybridized carbons (Fsp3) is 0.189. The molecule has 5 aromatic carbocycles. The van der Waals surface area contributed by atoms with Crippen LogP contribution < -0.4 is 10.1 Å². The van der Waals surface area contributed by atoms with E-state index < -0.39 is 0 Å². The molecule has 0 atom stereocenters. The molecule has 42 heavy (non-hydrogen) atoms. The van der Waals surface area contributed by atoms with Crippen LogP contribution in [0.1, 0.15) is 24.2 Å². The van der Waals surface area contributed by atoms with E-state index in [0.29, 0.717) is 19.6 Å². The van der Waals surface area contributed by atoms with Crippen LogP contribution in [0.2, 0.25) is 0 Å². The molecule has 0 bridgehead atoms. The minimum atomic E-state index is 0.0433. The van der Waals surface area contributed by atoms with Crippen LogP contribution in [0.15, 0.2) is 121 Å². The van der Waals surface area contributed by atoms with E-state index in [1.165, 1.54) is 16.3 Å². The Hall–Kier alpha value is -4.90. The smallest absolute Gasteiger partial charge is 0.224 e. The molecule has 6 rings (SSSR count). The van der Waals surface area contributed by atoms with Gasteiger partial charge in [0.1, 0.15) is 11.6 Å². The molecule has 0 aliphatic heterocycles. The van der Waals surface area contributed by atoms with Crippen molar-refractivity contribution in [2.75, 3.05) is 13.2 Å². The zero-order valence-corrected chi connectivity index (χ0v) is 23.7. The Balaban J connectivity index is 0.992. The summed E-state index contributed by atoms with van der Waals surface area (Å²) >= 11 is 0. The molecule has 0 spiro atoms. The molecule has 0 aliphatic carbocycles. The Morgan fingerprint density at radius 2 is 1.48 bits per heavy atom. The van der Waals surface area contributed by atoms with Gasteiger partial charge < -0.3 is 14.6 Å². The second-order valence-corrected chi connectivity index (χ2v) is 10.6. The molecule has 1 heterocycles. The molecule has 0 aliphatic rings. The highest BCUT2D eigenvalue weighted by Gasteiger charge is 2.11. The maximum Gasteiger partial charge on any atom is 0.224 e. The number of amides is 1. The van der Waals surface area contributed by atoms with Crippen LogP contribution in [0.25, 0.3) is 32.9 Å². The van der Waals surface area contributed by atoms with Crippen LogP contribution in [0.3, 0.4) is 0 Å². The first kappa shape index (κ1) is 27.3. The molecule has 1 aromatic heterocycles. The average molecular weight is 554 g/mol. The van der Waals surface area contributed by atoms with Crippen molar-refractivity contribution in [3.63, 3.8) is 0 Å². The van der Waals surface area contributed by atoms with E-state index in [4.69, 9.17) is 9.72 Å². The highest BCUT2D eigenvalue weighted by molar-refractivity contribution is 5.83. The first-order valence-electron chi connectivity index (χ1n) is 14.7. The molecule has 0 saturated carbocycles. The Labute approximate surface area is 246 Å². The number of carbonyl (C=O) groups is 1. The number of hydrogen-bond donors (Lipinski definition) is 1. The average Bonchev–Trinajstić information content (AvgIpc) is 3.39. The fourth-order valence-corrected chi connectivity index (χ4v) is 5.40. The lowest BCUT2D eigenvalue weighted by Gasteiger charge is -2.11. The lowest BCUT2D eigenvalue weighted by atomic mass is 10.0. The third-order valence-corrected chi connectivity index (χ3v) is 7.57. The van der Waals surface area contributed by atoms with Crippen LogP contribution in [-0.4, -0.2) is 28.6 Å². The van der Waals surface area contributed by atoms with Crippen LogP contribution in [-0.2, 0) is 24.2 Å². The molecule has 0 saturated heterocycles. The maximum absolute atomic E-state index is 12.6. The van der Waals surface area contributed by atoms with Gasteiger partial charge >= 0.3 is 0 Å². The van der Waals surface area contributed by atoms with Crippen molar-refractivity contribution in [2.24, 2.45) is 0 Å². The monoisotopic (exact) mass is 553 g/mol. The molecule has 1 amide bonds. The maximum atomic E-state index is 12.6. The van der Waals surface area contributed by atoms with Crippen LogP contribution >= 0.6 is 0 Å². The Morgan fingerprint density at radius 1 is 0.738 bits per heavy atom. The number of rotatable bonds is 12. The Kier molecular flexibility index (Phi) is 8.56. The third-order valence-electron chi connectivity index (χ3n) is 7.57. The molecule has 0 radical (unpaired) electrons. The van der Waals surface area contributed by atoms with Gasteiger partial charge in [-0.1, -0.05) is 97.1 Å². The number of para-hydroxylation sites is 2. The number of ether oxygens (including phenoxy) is 1. The summed E-state index contributed by atoms with van der Waals surface area (Å²) in [5.41, 5.74) is 5.49. The van der Waals surface area contributed by atoms with Crippen molar-refractivity contribution >= 4 is 27.7 Å². The largest absolute Gasteiger partial charge is 0.494 e. The first-order valence-corrected chi connectivity index (χ1v) is 14.7. The number of aryl methyl sites for hydroxylation is 2. The van der Waals surface area contributed by atoms with E-state index in [2.05, 4.69) is 82.7 Å². The Bertz CT molecular complexity index is 1770. The molecule has 5 heteroatoms. The summed E-state index contributed by atoms with van der Waals surface area (Å²) in [7, 11) is 0. The second-order valence-electron chi connectivity index (χ2n) is 10.6. The van der Waals surface area contributed by atoms with Gasteiger partial charge in [0.2, 0.25) is 5.91 Å². The molecule has 6 aromatic rings. The summed E-state index contributed by atoms with van der Waals surface area (Å²) in [5, 5.41) is 5.49. The van der Waals surface area contributed by atoms with Crippen molar-refractivity contribution in [3.8, 4) is 16.9 Å². The van der Waals surface area contributed by atoms with Crippen molar-refractivity contribution in [3.05, 3.63) is 133 Å². The summed E-state index contributed by atoms with van der Waals surface area (Å²) in [6.45, 7) is 2.08. The summed E-state index contributed by atoms with van der Waals surface area (Å²) in [4.78, 5) is 17.5. The van der Waals surface area contributed by atoms with Crippen molar-refractivity contribution in [1.29, 1.82) is 0 Å². The van der Waals surface area contributed by atoms with Crippen molar-refractivity contribution in [2.45, 2.75) is 32.2 Å². The SMILES string of the molecule is O=C(Cc1ccc(-c2ccccc2)cc1)NCCCc1nc2ccccc2n1CCCOc1ccc2ccccc2c1. The van der Waals surface area contributed by atoms with E-state index >= 15 is 0 Å². The van der Waals surface area contributed by atoms with Crippen LogP contribution in [0.4, 0.5) is 0 Å². The van der Waals surface area contributed by atoms with E-state index in [1.807, 2.05) is 48.5 Å². The van der Waals surface area contributed by atoms with Gasteiger partial charge in [-0.15, -0.1) is 0 Å². The lowest BCUT2D eigenvalue weighted by Crippen LogP contribution is -2.26. The standard InChI is InChI=1S/C37H35N3O2/c41-37(26-28-17-19-31(20-18-28)29-10-2-1-3-11-29)38-23-8-16-36-39-34-14-6-7-15-35(34)40(36)24-9-25-42-33-22-21-30-12-4-5-13-32(30)27-33/h1-7,10-15,17-22,27H,8-9,16,23-26H2,(H,38,41). The highest BCUT2D eigenvalue weighted by atomic mass is 16.5. The number of hydrogen-bond acceptors (Lipinski definition) is 3. The quantitative estimate of drug-likeness (QED) is 0.159. The summed E-state index contributed by atoms with van der Waals surface area (Å²) in [5.74, 6) is 1.99. The van der Waals surface area contributed by atoms with Gasteiger partial charge in [-0.3, -0.25) is 4.79 Å². The highest BCUT2D eigenvalue weighted by Crippen LogP contribution is 2.22. The molecule has 0 unspecified atom stereocenters. The number of fused-ring (bicyclic) bond motifs is 2. The zero-order valence-electron chi connectivity index (χ0n) is 23.7. The molecular formula is C37H35N3O2. The number of nitrogens with one attached hydrogen (secondary N) is 1. The second kappa shape index (κ2) is 13.2. The summed E-state index contributed by atoms with van der Waals surface area (Å²) in [6, 6.07) is 41.3. The van der Waals surface area contributed by atoms with Crippen LogP contribution in [0, 0.1) is 0 Å². The van der Waals surface area contributed by atoms with Crippen LogP contribution in [0.5, 0.6) is 5.75 Å². The molecule has 5 nitrogen and oxygen atoms in total. The minimum absolute atomic E-state index is 0.0433. The minimum Gasteiger partial charge on any atom is -0.494 e. The number of benzene rings is 5. The van der Waals surface area contributed by atoms with Gasteiger partial charge in [0.25, 0.3) is 0 Å². The normalized spacial score (nSPS) is 11.1. The fourth-order valence-electron chi connectivity index (χ4n) is 5.40. The van der Waals surface area contributed by atoms with Crippen molar-refractivity contribution < 1.29 is 9.53 Å². The van der Waals surface area contributed by atoms with E-state index in [9.17, 15) is 4.79 Å². The number of imidazole rings is 1. The van der Waals surface area contributed by atoms with Gasteiger partial charge in [0.05, 0.1) is 24.1 Å². The number of carbonyl (C=O) groups excluding carboxylic acids is 1. The first-order chi connectivity index (χ1) is 20.7. The molecule has 1 N–H and O–H groups in total.